The Kier molecular flexibility index (Phi) is 5.45. The van der Waals surface area contributed by atoms with Crippen LogP contribution in [0.25, 0.3) is 0 Å². The summed E-state index contributed by atoms with van der Waals surface area (Å²) in [6, 6.07) is 0. The maximum absolute atomic E-state index is 12.3. The lowest BCUT2D eigenvalue weighted by Crippen LogP contribution is -2.59. The van der Waals surface area contributed by atoms with Gasteiger partial charge in [0.25, 0.3) is 0 Å². The summed E-state index contributed by atoms with van der Waals surface area (Å²) >= 11 is 0. The van der Waals surface area contributed by atoms with E-state index in [1.807, 2.05) is 6.92 Å². The van der Waals surface area contributed by atoms with E-state index in [1.54, 1.807) is 0 Å². The second-order valence-electron chi connectivity index (χ2n) is 11.6. The number of methoxy groups -OCH3 is 1. The second kappa shape index (κ2) is 9.46. The predicted octanol–water partition coefficient (Wildman–Crippen LogP) is 5.32. The van der Waals surface area contributed by atoms with Gasteiger partial charge in [0.1, 0.15) is 12.2 Å². The average Bonchev–Trinajstić information content (AvgIpc) is 3.15. The SMILES string of the molecule is [2H]C1([2H])C[C@@]2(C)[C@H](C[C@@H](OC(C)=O)[C@@H]3[C@@H]2CC[C@]2(C)[C@@H]([C@H](C)CC(=O)OC)CC[C@@H]32)C([2H])([2H])[C@]1([2H])OC(C)=O. The number of esters is 3. The molecule has 0 aromatic heterocycles. The summed E-state index contributed by atoms with van der Waals surface area (Å²) in [5, 5.41) is 0. The van der Waals surface area contributed by atoms with E-state index in [2.05, 4.69) is 13.8 Å². The Morgan fingerprint density at radius 1 is 1.03 bits per heavy atom. The molecule has 4 aliphatic rings. The van der Waals surface area contributed by atoms with E-state index in [9.17, 15) is 14.4 Å². The minimum atomic E-state index is -2.73. The van der Waals surface area contributed by atoms with Crippen LogP contribution in [0.2, 0.25) is 0 Å². The molecule has 6 heteroatoms. The molecule has 4 rings (SSSR count). The Balaban J connectivity index is 1.76. The third-order valence-corrected chi connectivity index (χ3v) is 9.85. The van der Waals surface area contributed by atoms with Crippen LogP contribution in [0.15, 0.2) is 0 Å². The molecule has 10 atom stereocenters. The lowest BCUT2D eigenvalue weighted by atomic mass is 9.43. The van der Waals surface area contributed by atoms with Crippen LogP contribution in [0, 0.1) is 46.3 Å². The minimum Gasteiger partial charge on any atom is -0.469 e. The summed E-state index contributed by atoms with van der Waals surface area (Å²) in [6.07, 6.45) is -4.56. The highest BCUT2D eigenvalue weighted by Gasteiger charge is 2.64. The maximum Gasteiger partial charge on any atom is 0.305 e. The van der Waals surface area contributed by atoms with Crippen LogP contribution < -0.4 is 0 Å². The van der Waals surface area contributed by atoms with Crippen LogP contribution in [0.5, 0.6) is 0 Å². The molecule has 0 radical (unpaired) electrons. The quantitative estimate of drug-likeness (QED) is 0.391. The molecule has 0 aromatic carbocycles. The van der Waals surface area contributed by atoms with Crippen molar-refractivity contribution in [2.24, 2.45) is 46.3 Å². The Morgan fingerprint density at radius 2 is 1.71 bits per heavy atom. The van der Waals surface area contributed by atoms with Gasteiger partial charge in [-0.15, -0.1) is 0 Å². The van der Waals surface area contributed by atoms with Crippen molar-refractivity contribution in [1.29, 1.82) is 0 Å². The smallest absolute Gasteiger partial charge is 0.305 e. The van der Waals surface area contributed by atoms with Crippen LogP contribution in [0.1, 0.15) is 99.2 Å². The van der Waals surface area contributed by atoms with Crippen molar-refractivity contribution in [2.75, 3.05) is 7.11 Å². The fourth-order valence-electron chi connectivity index (χ4n) is 8.37. The molecule has 0 amide bonds. The highest BCUT2D eigenvalue weighted by atomic mass is 16.5. The molecule has 4 aliphatic carbocycles. The predicted molar refractivity (Wildman–Crippen MR) is 128 cm³/mol. The Bertz CT molecular complexity index is 1020. The highest BCUT2D eigenvalue weighted by molar-refractivity contribution is 5.69. The summed E-state index contributed by atoms with van der Waals surface area (Å²) in [4.78, 5) is 36.3. The molecule has 0 N–H and O–H groups in total. The van der Waals surface area contributed by atoms with Gasteiger partial charge in [-0.1, -0.05) is 20.8 Å². The van der Waals surface area contributed by atoms with Gasteiger partial charge in [-0.05, 0) is 91.7 Å². The zero-order valence-electron chi connectivity index (χ0n) is 26.4. The van der Waals surface area contributed by atoms with E-state index in [4.69, 9.17) is 21.1 Å². The normalized spacial score (nSPS) is 51.4. The molecule has 0 aromatic rings. The molecule has 0 aliphatic heterocycles. The molecule has 0 unspecified atom stereocenters. The van der Waals surface area contributed by atoms with Gasteiger partial charge in [0.15, 0.2) is 0 Å². The van der Waals surface area contributed by atoms with Gasteiger partial charge in [0, 0.05) is 31.7 Å². The number of ether oxygens (including phenoxy) is 3. The van der Waals surface area contributed by atoms with Gasteiger partial charge >= 0.3 is 17.9 Å². The molecule has 6 nitrogen and oxygen atoms in total. The monoisotopic (exact) mass is 481 g/mol. The number of hydrogen-bond donors (Lipinski definition) is 0. The summed E-state index contributed by atoms with van der Waals surface area (Å²) in [7, 11) is 1.40. The van der Waals surface area contributed by atoms with Crippen molar-refractivity contribution in [3.8, 4) is 0 Å². The van der Waals surface area contributed by atoms with Crippen LogP contribution in [0.4, 0.5) is 0 Å². The fourth-order valence-corrected chi connectivity index (χ4v) is 8.37. The average molecular weight is 482 g/mol. The summed E-state index contributed by atoms with van der Waals surface area (Å²) in [6.45, 7) is 8.71. The van der Waals surface area contributed by atoms with Crippen molar-refractivity contribution in [3.05, 3.63) is 0 Å². The molecule has 192 valence electrons. The molecule has 0 saturated heterocycles. The van der Waals surface area contributed by atoms with E-state index in [-0.39, 0.29) is 53.8 Å². The lowest BCUT2D eigenvalue weighted by Gasteiger charge is -2.62. The van der Waals surface area contributed by atoms with Gasteiger partial charge < -0.3 is 14.2 Å². The van der Waals surface area contributed by atoms with Crippen molar-refractivity contribution in [2.45, 2.75) is 104 Å². The van der Waals surface area contributed by atoms with Gasteiger partial charge in [0.05, 0.1) is 8.48 Å². The topological polar surface area (TPSA) is 78.9 Å². The van der Waals surface area contributed by atoms with Crippen molar-refractivity contribution in [3.63, 3.8) is 0 Å². The first-order valence-electron chi connectivity index (χ1n) is 15.3. The third kappa shape index (κ3) is 4.39. The number of rotatable bonds is 5. The van der Waals surface area contributed by atoms with Gasteiger partial charge in [-0.3, -0.25) is 14.4 Å². The van der Waals surface area contributed by atoms with Crippen LogP contribution in [-0.4, -0.2) is 37.2 Å². The Morgan fingerprint density at radius 3 is 2.35 bits per heavy atom. The van der Waals surface area contributed by atoms with Gasteiger partial charge in [-0.25, -0.2) is 0 Å². The number of carbonyl (C=O) groups is 3. The summed E-state index contributed by atoms with van der Waals surface area (Å²) < 4.78 is 60.7. The van der Waals surface area contributed by atoms with Crippen LogP contribution in [-0.2, 0) is 28.6 Å². The number of carbonyl (C=O) groups excluding carboxylic acids is 3. The lowest BCUT2D eigenvalue weighted by molar-refractivity contribution is -0.197. The molecular formula is C28H44O6. The largest absolute Gasteiger partial charge is 0.469 e. The minimum absolute atomic E-state index is 0.0946. The first-order chi connectivity index (χ1) is 17.9. The van der Waals surface area contributed by atoms with E-state index in [0.717, 1.165) is 26.2 Å². The number of hydrogen-bond acceptors (Lipinski definition) is 6. The van der Waals surface area contributed by atoms with E-state index in [1.165, 1.54) is 14.0 Å². The van der Waals surface area contributed by atoms with Crippen molar-refractivity contribution >= 4 is 17.9 Å². The Labute approximate surface area is 211 Å². The Hall–Kier alpha value is -1.59. The fraction of sp³-hybridized carbons (Fsp3) is 0.893. The third-order valence-electron chi connectivity index (χ3n) is 9.85. The second-order valence-corrected chi connectivity index (χ2v) is 11.6. The molecular weight excluding hydrogens is 432 g/mol. The van der Waals surface area contributed by atoms with E-state index < -0.39 is 48.2 Å². The molecule has 0 bridgehead atoms. The first-order valence-corrected chi connectivity index (χ1v) is 12.8. The van der Waals surface area contributed by atoms with Gasteiger partial charge in [0.2, 0.25) is 0 Å². The molecule has 0 heterocycles. The van der Waals surface area contributed by atoms with Crippen molar-refractivity contribution < 1.29 is 35.4 Å². The standard InChI is InChI=1S/C28H44O6/c1-16(13-25(31)32-6)21-7-8-22-26-23(10-12-28(21,22)5)27(4)11-9-20(33-17(2)29)14-19(27)15-24(26)34-18(3)30/h16,19-24,26H,7-15H2,1-6H3/t16-,19+,20-,21-,22+,23+,24-,26+,27+,28-/m1/s1/i9D2,14D2,20D. The zero-order valence-corrected chi connectivity index (χ0v) is 21.4. The first kappa shape index (κ1) is 19.6. The summed E-state index contributed by atoms with van der Waals surface area (Å²) in [5.41, 5.74) is -0.949. The van der Waals surface area contributed by atoms with E-state index in [0.29, 0.717) is 12.8 Å². The van der Waals surface area contributed by atoms with Crippen LogP contribution in [0.3, 0.4) is 0 Å². The van der Waals surface area contributed by atoms with Crippen molar-refractivity contribution in [1.82, 2.24) is 0 Å². The van der Waals surface area contributed by atoms with E-state index >= 15 is 0 Å². The molecule has 34 heavy (non-hydrogen) atoms. The number of fused-ring (bicyclic) bond motifs is 5. The molecule has 4 fully saturated rings. The zero-order chi connectivity index (χ0) is 29.3. The molecule has 4 saturated carbocycles. The molecule has 0 spiro atoms. The van der Waals surface area contributed by atoms with Crippen LogP contribution >= 0.6 is 0 Å². The summed E-state index contributed by atoms with van der Waals surface area (Å²) in [5.74, 6) is -2.11. The van der Waals surface area contributed by atoms with Gasteiger partial charge in [-0.2, -0.15) is 0 Å². The highest BCUT2D eigenvalue weighted by Crippen LogP contribution is 2.68. The maximum atomic E-state index is 12.3.